The van der Waals surface area contributed by atoms with E-state index in [0.717, 1.165) is 4.47 Å². The summed E-state index contributed by atoms with van der Waals surface area (Å²) in [7, 11) is -3.81. The molecule has 0 bridgehead atoms. The Morgan fingerprint density at radius 1 is 0.958 bits per heavy atom. The Morgan fingerprint density at radius 2 is 1.71 bits per heavy atom. The lowest BCUT2D eigenvalue weighted by molar-refractivity contribution is 0.0695. The summed E-state index contributed by atoms with van der Waals surface area (Å²) >= 11 is 3.27. The van der Waals surface area contributed by atoms with Crippen LogP contribution in [0.3, 0.4) is 0 Å². The van der Waals surface area contributed by atoms with E-state index < -0.39 is 15.8 Å². The van der Waals surface area contributed by atoms with E-state index in [0.29, 0.717) is 5.75 Å². The van der Waals surface area contributed by atoms with Crippen LogP contribution < -0.4 is 4.74 Å². The van der Waals surface area contributed by atoms with Crippen molar-refractivity contribution in [3.8, 4) is 5.75 Å². The molecule has 122 valence electrons. The number of rotatable bonds is 4. The predicted molar refractivity (Wildman–Crippen MR) is 89.7 cm³/mol. The molecule has 0 saturated carbocycles. The molecule has 0 N–H and O–H groups in total. The van der Waals surface area contributed by atoms with Gasteiger partial charge in [0.05, 0.1) is 4.90 Å². The van der Waals surface area contributed by atoms with E-state index in [1.165, 1.54) is 24.3 Å². The highest BCUT2D eigenvalue weighted by molar-refractivity contribution is 9.10. The van der Waals surface area contributed by atoms with Crippen molar-refractivity contribution in [3.05, 3.63) is 77.0 Å². The Bertz CT molecular complexity index is 977. The third-order valence-corrected chi connectivity index (χ3v) is 5.24. The van der Waals surface area contributed by atoms with Gasteiger partial charge in [-0.05, 0) is 42.5 Å². The SMILES string of the molecule is O=C(Oc1cccc(Br)c1)c1ccc(S(=O)(=O)c2ccccc2)o1. The number of carbonyl (C=O) groups is 1. The van der Waals surface area contributed by atoms with Gasteiger partial charge in [-0.25, -0.2) is 13.2 Å². The quantitative estimate of drug-likeness (QED) is 0.481. The first-order valence-corrected chi connectivity index (χ1v) is 9.12. The van der Waals surface area contributed by atoms with Gasteiger partial charge >= 0.3 is 5.97 Å². The van der Waals surface area contributed by atoms with Crippen LogP contribution in [0, 0.1) is 0 Å². The number of carbonyl (C=O) groups excluding carboxylic acids is 1. The summed E-state index contributed by atoms with van der Waals surface area (Å²) < 4.78 is 35.9. The molecule has 0 aliphatic carbocycles. The zero-order chi connectivity index (χ0) is 17.2. The number of ether oxygens (including phenoxy) is 1. The fourth-order valence-electron chi connectivity index (χ4n) is 1.98. The molecule has 3 rings (SSSR count). The lowest BCUT2D eigenvalue weighted by Gasteiger charge is -2.03. The molecule has 0 unspecified atom stereocenters. The van der Waals surface area contributed by atoms with Gasteiger partial charge in [0.15, 0.2) is 0 Å². The number of esters is 1. The van der Waals surface area contributed by atoms with Gasteiger partial charge in [-0.2, -0.15) is 0 Å². The Morgan fingerprint density at radius 3 is 2.42 bits per heavy atom. The molecular weight excluding hydrogens is 396 g/mol. The number of hydrogen-bond donors (Lipinski definition) is 0. The lowest BCUT2D eigenvalue weighted by Crippen LogP contribution is -2.07. The molecule has 1 aromatic heterocycles. The minimum Gasteiger partial charge on any atom is -0.437 e. The third kappa shape index (κ3) is 3.42. The molecule has 1 heterocycles. The summed E-state index contributed by atoms with van der Waals surface area (Å²) in [6.07, 6.45) is 0. The third-order valence-electron chi connectivity index (χ3n) is 3.11. The lowest BCUT2D eigenvalue weighted by atomic mass is 10.3. The van der Waals surface area contributed by atoms with Gasteiger partial charge in [-0.3, -0.25) is 0 Å². The second-order valence-corrected chi connectivity index (χ2v) is 7.58. The number of benzene rings is 2. The highest BCUT2D eigenvalue weighted by atomic mass is 79.9. The zero-order valence-electron chi connectivity index (χ0n) is 12.2. The molecule has 24 heavy (non-hydrogen) atoms. The molecule has 0 atom stereocenters. The van der Waals surface area contributed by atoms with Gasteiger partial charge in [0.25, 0.3) is 0 Å². The number of furan rings is 1. The maximum atomic E-state index is 12.4. The molecule has 3 aromatic rings. The van der Waals surface area contributed by atoms with E-state index >= 15 is 0 Å². The van der Waals surface area contributed by atoms with Gasteiger partial charge in [0.1, 0.15) is 5.75 Å². The molecule has 5 nitrogen and oxygen atoms in total. The minimum absolute atomic E-state index is 0.0891. The molecule has 0 fully saturated rings. The van der Waals surface area contributed by atoms with E-state index in [4.69, 9.17) is 9.15 Å². The number of hydrogen-bond acceptors (Lipinski definition) is 5. The van der Waals surface area contributed by atoms with Crippen LogP contribution in [0.4, 0.5) is 0 Å². The first-order valence-electron chi connectivity index (χ1n) is 6.84. The average molecular weight is 407 g/mol. The molecular formula is C17H11BrO5S. The second kappa shape index (κ2) is 6.62. The maximum Gasteiger partial charge on any atom is 0.379 e. The molecule has 0 saturated heterocycles. The topological polar surface area (TPSA) is 73.6 Å². The zero-order valence-corrected chi connectivity index (χ0v) is 14.6. The Balaban J connectivity index is 1.84. The van der Waals surface area contributed by atoms with Gasteiger partial charge in [0, 0.05) is 4.47 Å². The molecule has 0 aliphatic heterocycles. The molecule has 0 aliphatic rings. The van der Waals surface area contributed by atoms with Crippen LogP contribution in [0.15, 0.2) is 85.6 Å². The van der Waals surface area contributed by atoms with Crippen molar-refractivity contribution in [1.82, 2.24) is 0 Å². The summed E-state index contributed by atoms with van der Waals surface area (Å²) in [6.45, 7) is 0. The van der Waals surface area contributed by atoms with Crippen molar-refractivity contribution in [2.75, 3.05) is 0 Å². The van der Waals surface area contributed by atoms with Crippen LogP contribution >= 0.6 is 15.9 Å². The van der Waals surface area contributed by atoms with Crippen molar-refractivity contribution in [2.24, 2.45) is 0 Å². The summed E-state index contributed by atoms with van der Waals surface area (Å²) in [4.78, 5) is 12.2. The normalized spacial score (nSPS) is 11.2. The van der Waals surface area contributed by atoms with Gasteiger partial charge in [-0.15, -0.1) is 0 Å². The summed E-state index contributed by atoms with van der Waals surface area (Å²) in [5.41, 5.74) is 0. The van der Waals surface area contributed by atoms with Crippen LogP contribution in [0.1, 0.15) is 10.6 Å². The van der Waals surface area contributed by atoms with Crippen LogP contribution in [0.5, 0.6) is 5.75 Å². The van der Waals surface area contributed by atoms with Crippen molar-refractivity contribution >= 4 is 31.7 Å². The fraction of sp³-hybridized carbons (Fsp3) is 0. The smallest absolute Gasteiger partial charge is 0.379 e. The molecule has 0 spiro atoms. The Hall–Kier alpha value is -2.38. The first kappa shape index (κ1) is 16.5. The Labute approximate surface area is 146 Å². The van der Waals surface area contributed by atoms with Crippen LogP contribution in [0.25, 0.3) is 0 Å². The van der Waals surface area contributed by atoms with Crippen molar-refractivity contribution in [2.45, 2.75) is 9.99 Å². The van der Waals surface area contributed by atoms with E-state index in [9.17, 15) is 13.2 Å². The monoisotopic (exact) mass is 406 g/mol. The first-order chi connectivity index (χ1) is 11.5. The van der Waals surface area contributed by atoms with E-state index in [-0.39, 0.29) is 15.7 Å². The molecule has 0 radical (unpaired) electrons. The summed E-state index contributed by atoms with van der Waals surface area (Å²) in [6, 6.07) is 17.1. The van der Waals surface area contributed by atoms with Crippen molar-refractivity contribution in [3.63, 3.8) is 0 Å². The van der Waals surface area contributed by atoms with Gasteiger partial charge in [0.2, 0.25) is 20.7 Å². The van der Waals surface area contributed by atoms with Crippen molar-refractivity contribution in [1.29, 1.82) is 0 Å². The predicted octanol–water partition coefficient (Wildman–Crippen LogP) is 4.09. The van der Waals surface area contributed by atoms with E-state index in [2.05, 4.69) is 15.9 Å². The van der Waals surface area contributed by atoms with E-state index in [1.807, 2.05) is 0 Å². The molecule has 0 amide bonds. The van der Waals surface area contributed by atoms with Gasteiger partial charge < -0.3 is 9.15 Å². The fourth-order valence-corrected chi connectivity index (χ4v) is 3.55. The maximum absolute atomic E-state index is 12.4. The van der Waals surface area contributed by atoms with Crippen LogP contribution in [-0.2, 0) is 9.84 Å². The highest BCUT2D eigenvalue weighted by Crippen LogP contribution is 2.24. The largest absolute Gasteiger partial charge is 0.437 e. The highest BCUT2D eigenvalue weighted by Gasteiger charge is 2.24. The Kier molecular flexibility index (Phi) is 4.55. The number of halogens is 1. The summed E-state index contributed by atoms with van der Waals surface area (Å²) in [5, 5.41) is -0.310. The minimum atomic E-state index is -3.81. The van der Waals surface area contributed by atoms with Crippen molar-refractivity contribution < 1.29 is 22.4 Å². The molecule has 7 heteroatoms. The number of sulfone groups is 1. The standard InChI is InChI=1S/C17H11BrO5S/c18-12-5-4-6-13(11-12)22-17(19)15-9-10-16(23-15)24(20,21)14-7-2-1-3-8-14/h1-11H. The van der Waals surface area contributed by atoms with Crippen LogP contribution in [-0.4, -0.2) is 14.4 Å². The second-order valence-electron chi connectivity index (χ2n) is 4.78. The van der Waals surface area contributed by atoms with Gasteiger partial charge in [-0.1, -0.05) is 40.2 Å². The summed E-state index contributed by atoms with van der Waals surface area (Å²) in [5.74, 6) is -0.648. The van der Waals surface area contributed by atoms with E-state index in [1.54, 1.807) is 42.5 Å². The van der Waals surface area contributed by atoms with Crippen LogP contribution in [0.2, 0.25) is 0 Å². The average Bonchev–Trinajstić information content (AvgIpc) is 3.07. The molecule has 2 aromatic carbocycles.